The second-order valence-corrected chi connectivity index (χ2v) is 17.8. The van der Waals surface area contributed by atoms with Gasteiger partial charge in [0, 0.05) is 47.0 Å². The Labute approximate surface area is 328 Å². The molecule has 0 N–H and O–H groups in total. The van der Waals surface area contributed by atoms with E-state index in [1.54, 1.807) is 51.4 Å². The van der Waals surface area contributed by atoms with Crippen molar-refractivity contribution in [3.63, 3.8) is 0 Å². The minimum absolute atomic E-state index is 0.303. The highest BCUT2D eigenvalue weighted by Crippen LogP contribution is 2.45. The second-order valence-electron chi connectivity index (χ2n) is 13.7. The van der Waals surface area contributed by atoms with Gasteiger partial charge in [0.1, 0.15) is 11.3 Å². The van der Waals surface area contributed by atoms with Crippen molar-refractivity contribution >= 4 is 67.4 Å². The Bertz CT molecular complexity index is 2240. The quantitative estimate of drug-likeness (QED) is 0.0813. The molecule has 9 heteroatoms. The van der Waals surface area contributed by atoms with E-state index in [4.69, 9.17) is 19.4 Å². The highest BCUT2D eigenvalue weighted by atomic mass is 32.1. The Kier molecular flexibility index (Phi) is 12.6. The number of aromatic nitrogens is 2. The first-order valence-electron chi connectivity index (χ1n) is 19.0. The van der Waals surface area contributed by atoms with Crippen molar-refractivity contribution in [3.8, 4) is 51.9 Å². The van der Waals surface area contributed by atoms with Gasteiger partial charge in [0.2, 0.25) is 0 Å². The summed E-state index contributed by atoms with van der Waals surface area (Å²) >= 11 is 6.63. The molecule has 0 saturated heterocycles. The molecule has 0 aliphatic heterocycles. The molecule has 4 nitrogen and oxygen atoms in total. The van der Waals surface area contributed by atoms with E-state index in [-0.39, 0.29) is 5.82 Å². The lowest BCUT2D eigenvalue weighted by Crippen LogP contribution is -2.14. The van der Waals surface area contributed by atoms with Crippen molar-refractivity contribution in [2.75, 3.05) is 13.2 Å². The number of benzene rings is 2. The summed E-state index contributed by atoms with van der Waals surface area (Å²) in [4.78, 5) is 17.0. The monoisotopic (exact) mass is 782 g/mol. The average Bonchev–Trinajstić information content (AvgIpc) is 4.02. The van der Waals surface area contributed by atoms with Crippen molar-refractivity contribution in [1.82, 2.24) is 9.97 Å². The lowest BCUT2D eigenvalue weighted by Gasteiger charge is -2.20. The first-order chi connectivity index (χ1) is 26.0. The predicted molar refractivity (Wildman–Crippen MR) is 228 cm³/mol. The molecule has 0 radical (unpaired) electrons. The Balaban J connectivity index is 1.37. The van der Waals surface area contributed by atoms with Crippen LogP contribution in [-0.4, -0.2) is 23.2 Å². The average molecular weight is 783 g/mol. The van der Waals surface area contributed by atoms with Crippen LogP contribution in [0.2, 0.25) is 0 Å². The molecule has 2 aromatic carbocycles. The van der Waals surface area contributed by atoms with Crippen LogP contribution in [0.15, 0.2) is 77.5 Å². The molecule has 0 bridgehead atoms. The fraction of sp³-hybridized carbons (Fsp3) is 0.364. The third kappa shape index (κ3) is 8.54. The zero-order chi connectivity index (χ0) is 36.7. The van der Waals surface area contributed by atoms with Crippen LogP contribution in [0.5, 0.6) is 11.5 Å². The van der Waals surface area contributed by atoms with Crippen LogP contribution in [0.3, 0.4) is 0 Å². The topological polar surface area (TPSA) is 44.2 Å². The van der Waals surface area contributed by atoms with E-state index in [2.05, 4.69) is 74.9 Å². The van der Waals surface area contributed by atoms with Crippen LogP contribution >= 0.6 is 45.3 Å². The summed E-state index contributed by atoms with van der Waals surface area (Å²) < 4.78 is 29.9. The van der Waals surface area contributed by atoms with Crippen molar-refractivity contribution in [2.24, 2.45) is 11.8 Å². The van der Waals surface area contributed by atoms with Gasteiger partial charge >= 0.3 is 0 Å². The van der Waals surface area contributed by atoms with Crippen LogP contribution in [0.4, 0.5) is 4.39 Å². The van der Waals surface area contributed by atoms with E-state index in [0.717, 1.165) is 55.6 Å². The molecule has 2 atom stereocenters. The summed E-state index contributed by atoms with van der Waals surface area (Å²) in [6.07, 6.45) is 9.10. The van der Waals surface area contributed by atoms with Gasteiger partial charge in [0.25, 0.3) is 0 Å². The van der Waals surface area contributed by atoms with E-state index in [1.165, 1.54) is 30.6 Å². The maximum atomic E-state index is 16.7. The van der Waals surface area contributed by atoms with E-state index in [0.29, 0.717) is 64.2 Å². The Morgan fingerprint density at radius 2 is 1.11 bits per heavy atom. The smallest absolute Gasteiger partial charge is 0.163 e. The van der Waals surface area contributed by atoms with Crippen LogP contribution in [0.25, 0.3) is 62.5 Å². The highest BCUT2D eigenvalue weighted by molar-refractivity contribution is 7.24. The summed E-state index contributed by atoms with van der Waals surface area (Å²) in [5.74, 6) is 2.00. The van der Waals surface area contributed by atoms with Gasteiger partial charge in [-0.05, 0) is 77.9 Å². The van der Waals surface area contributed by atoms with Gasteiger partial charge in [-0.25, -0.2) is 14.4 Å². The van der Waals surface area contributed by atoms with Gasteiger partial charge in [-0.3, -0.25) is 0 Å². The number of unbranched alkanes of at least 4 members (excludes halogenated alkanes) is 2. The number of halogens is 1. The van der Waals surface area contributed by atoms with Crippen molar-refractivity contribution in [3.05, 3.63) is 83.3 Å². The number of hydrogen-bond donors (Lipinski definition) is 0. The zero-order valence-corrected chi connectivity index (χ0v) is 34.2. The molecule has 2 unspecified atom stereocenters. The summed E-state index contributed by atoms with van der Waals surface area (Å²) in [5.41, 5.74) is 3.83. The summed E-state index contributed by atoms with van der Waals surface area (Å²) in [7, 11) is 0. The molecule has 0 amide bonds. The molecule has 0 aliphatic carbocycles. The van der Waals surface area contributed by atoms with E-state index < -0.39 is 0 Å². The van der Waals surface area contributed by atoms with E-state index >= 15 is 4.39 Å². The number of hydrogen-bond acceptors (Lipinski definition) is 8. The number of fused-ring (bicyclic) bond motifs is 2. The van der Waals surface area contributed by atoms with E-state index in [9.17, 15) is 0 Å². The lowest BCUT2D eigenvalue weighted by atomic mass is 10.0. The Morgan fingerprint density at radius 3 is 1.62 bits per heavy atom. The molecule has 0 saturated carbocycles. The summed E-state index contributed by atoms with van der Waals surface area (Å²) in [5, 5.41) is 4.15. The normalized spacial score (nSPS) is 12.8. The number of ether oxygens (including phenoxy) is 2. The molecule has 5 heterocycles. The van der Waals surface area contributed by atoms with Crippen LogP contribution in [-0.2, 0) is 0 Å². The number of rotatable bonds is 18. The lowest BCUT2D eigenvalue weighted by molar-refractivity contribution is 0.199. The van der Waals surface area contributed by atoms with Crippen LogP contribution < -0.4 is 9.47 Å². The Morgan fingerprint density at radius 1 is 0.604 bits per heavy atom. The van der Waals surface area contributed by atoms with Gasteiger partial charge in [-0.1, -0.05) is 78.4 Å². The van der Waals surface area contributed by atoms with Crippen LogP contribution in [0, 0.1) is 17.7 Å². The zero-order valence-electron chi connectivity index (χ0n) is 31.0. The predicted octanol–water partition coefficient (Wildman–Crippen LogP) is 15.0. The summed E-state index contributed by atoms with van der Waals surface area (Å²) in [6.45, 7) is 10.2. The molecule has 0 fully saturated rings. The molecule has 7 aromatic rings. The van der Waals surface area contributed by atoms with Gasteiger partial charge in [-0.2, -0.15) is 0 Å². The van der Waals surface area contributed by atoms with Gasteiger partial charge in [0.05, 0.1) is 35.3 Å². The largest absolute Gasteiger partial charge is 0.489 e. The van der Waals surface area contributed by atoms with Gasteiger partial charge < -0.3 is 9.47 Å². The van der Waals surface area contributed by atoms with Crippen molar-refractivity contribution in [2.45, 2.75) is 79.1 Å². The minimum atomic E-state index is -0.303. The third-order valence-electron chi connectivity index (χ3n) is 10.0. The van der Waals surface area contributed by atoms with Crippen LogP contribution in [0.1, 0.15) is 79.1 Å². The molecular formula is C44H47FN2O2S4. The van der Waals surface area contributed by atoms with E-state index in [1.807, 2.05) is 24.3 Å². The fourth-order valence-corrected chi connectivity index (χ4v) is 10.5. The molecular weight excluding hydrogens is 736 g/mol. The number of thiophene rings is 4. The second kappa shape index (κ2) is 17.7. The number of nitrogens with zero attached hydrogens (tertiary/aromatic N) is 2. The molecule has 276 valence electrons. The SMILES string of the molecule is CCCCC(CC)COc1cc2nc3c(-c4ccc(-c5cccs5)s4)cc(F)c(-c4ccc(-c5cccs5)s4)c3nc2cc1OCC(CC)CCCC. The summed E-state index contributed by atoms with van der Waals surface area (Å²) in [6, 6.07) is 22.2. The molecule has 7 rings (SSSR count). The third-order valence-corrected chi connectivity index (χ3v) is 14.4. The molecule has 0 spiro atoms. The maximum absolute atomic E-state index is 16.7. The standard InChI is InChI=1S/C44H47FN2O2S4/c1-5-9-13-28(7-3)26-48-34-24-32-33(25-35(34)49-27-29(8-4)14-10-6-2)47-44-42(41-20-19-40(53-41)38-16-12-22-51-38)31(45)23-30(43(44)46-32)36-17-18-39(52-36)37-15-11-21-50-37/h11-12,15-25,28-29H,5-10,13-14,26-27H2,1-4H3. The van der Waals surface area contributed by atoms with Gasteiger partial charge in [0.15, 0.2) is 11.5 Å². The molecule has 53 heavy (non-hydrogen) atoms. The minimum Gasteiger partial charge on any atom is -0.489 e. The van der Waals surface area contributed by atoms with Crippen molar-refractivity contribution in [1.29, 1.82) is 0 Å². The first kappa shape index (κ1) is 37.7. The molecule has 0 aliphatic rings. The van der Waals surface area contributed by atoms with Gasteiger partial charge in [-0.15, -0.1) is 45.3 Å². The Hall–Kier alpha value is -3.63. The highest BCUT2D eigenvalue weighted by Gasteiger charge is 2.23. The van der Waals surface area contributed by atoms with Crippen molar-refractivity contribution < 1.29 is 13.9 Å². The maximum Gasteiger partial charge on any atom is 0.163 e. The molecule has 5 aromatic heterocycles. The fourth-order valence-electron chi connectivity index (χ4n) is 6.72. The first-order valence-corrected chi connectivity index (χ1v) is 22.4.